The summed E-state index contributed by atoms with van der Waals surface area (Å²) in [4.78, 5) is 1.45. The van der Waals surface area contributed by atoms with Crippen LogP contribution in [0.4, 0.5) is 23.2 Å². The quantitative estimate of drug-likeness (QED) is 0.670. The van der Waals surface area contributed by atoms with Crippen LogP contribution in [0.5, 0.6) is 0 Å². The molecule has 1 heterocycles. The third-order valence-corrected chi connectivity index (χ3v) is 6.75. The van der Waals surface area contributed by atoms with Gasteiger partial charge in [-0.2, -0.15) is 22.7 Å². The second-order valence-electron chi connectivity index (χ2n) is 6.31. The van der Waals surface area contributed by atoms with Crippen molar-refractivity contribution in [3.63, 3.8) is 0 Å². The lowest BCUT2D eigenvalue weighted by Gasteiger charge is -2.35. The van der Waals surface area contributed by atoms with Gasteiger partial charge in [0.25, 0.3) is 0 Å². The van der Waals surface area contributed by atoms with E-state index in [4.69, 9.17) is 16.9 Å². The van der Waals surface area contributed by atoms with E-state index >= 15 is 0 Å². The first kappa shape index (κ1) is 21.4. The van der Waals surface area contributed by atoms with Crippen molar-refractivity contribution in [3.05, 3.63) is 58.4 Å². The number of nitriles is 1. The Labute approximate surface area is 169 Å². The van der Waals surface area contributed by atoms with E-state index in [2.05, 4.69) is 0 Å². The number of hydrogen-bond acceptors (Lipinski definition) is 4. The number of anilines is 1. The largest absolute Gasteiger partial charge is 0.417 e. The number of rotatable bonds is 3. The molecule has 0 unspecified atom stereocenters. The molecule has 0 radical (unpaired) electrons. The van der Waals surface area contributed by atoms with Crippen molar-refractivity contribution < 1.29 is 26.0 Å². The lowest BCUT2D eigenvalue weighted by molar-refractivity contribution is -0.137. The van der Waals surface area contributed by atoms with E-state index < -0.39 is 33.1 Å². The molecule has 1 aliphatic heterocycles. The topological polar surface area (TPSA) is 64.4 Å². The van der Waals surface area contributed by atoms with Gasteiger partial charge < -0.3 is 4.90 Å². The SMILES string of the molecule is N#Cc1ccc(N2CCN(S(=O)(=O)c3ccc(F)c(Cl)c3)CC2)cc1C(F)(F)F. The summed E-state index contributed by atoms with van der Waals surface area (Å²) in [5.74, 6) is -0.739. The molecule has 1 aliphatic rings. The molecule has 1 fully saturated rings. The monoisotopic (exact) mass is 447 g/mol. The molecule has 2 aromatic carbocycles. The average Bonchev–Trinajstić information content (AvgIpc) is 2.69. The number of alkyl halides is 3. The maximum atomic E-state index is 13.3. The van der Waals surface area contributed by atoms with Crippen molar-refractivity contribution in [2.24, 2.45) is 0 Å². The first-order valence-electron chi connectivity index (χ1n) is 8.35. The normalized spacial score (nSPS) is 15.9. The van der Waals surface area contributed by atoms with E-state index in [1.54, 1.807) is 4.90 Å². The Hall–Kier alpha value is -2.35. The molecule has 11 heteroatoms. The molecule has 1 saturated heterocycles. The number of halogens is 5. The van der Waals surface area contributed by atoms with Gasteiger partial charge >= 0.3 is 6.18 Å². The highest BCUT2D eigenvalue weighted by atomic mass is 35.5. The second-order valence-corrected chi connectivity index (χ2v) is 8.65. The van der Waals surface area contributed by atoms with Crippen LogP contribution in [0.1, 0.15) is 11.1 Å². The molecular formula is C18H14ClF4N3O2S. The maximum absolute atomic E-state index is 13.3. The smallest absolute Gasteiger partial charge is 0.369 e. The molecule has 0 spiro atoms. The van der Waals surface area contributed by atoms with Crippen LogP contribution < -0.4 is 4.90 Å². The lowest BCUT2D eigenvalue weighted by Crippen LogP contribution is -2.48. The molecule has 0 N–H and O–H groups in total. The summed E-state index contributed by atoms with van der Waals surface area (Å²) in [6.45, 7) is 0.353. The molecule has 154 valence electrons. The molecule has 0 atom stereocenters. The third kappa shape index (κ3) is 4.32. The van der Waals surface area contributed by atoms with Gasteiger partial charge in [-0.25, -0.2) is 12.8 Å². The highest BCUT2D eigenvalue weighted by Crippen LogP contribution is 2.35. The molecule has 0 aliphatic carbocycles. The molecule has 3 rings (SSSR count). The number of sulfonamides is 1. The zero-order chi connectivity index (χ0) is 21.4. The van der Waals surface area contributed by atoms with Crippen LogP contribution in [0.15, 0.2) is 41.3 Å². The van der Waals surface area contributed by atoms with Gasteiger partial charge in [-0.15, -0.1) is 0 Å². The Balaban J connectivity index is 1.79. The summed E-state index contributed by atoms with van der Waals surface area (Å²) < 4.78 is 79.3. The van der Waals surface area contributed by atoms with Crippen molar-refractivity contribution in [1.82, 2.24) is 4.31 Å². The average molecular weight is 448 g/mol. The van der Waals surface area contributed by atoms with Crippen molar-refractivity contribution >= 4 is 27.3 Å². The Bertz CT molecular complexity index is 1080. The van der Waals surface area contributed by atoms with Crippen LogP contribution in [0, 0.1) is 17.1 Å². The van der Waals surface area contributed by atoms with Crippen molar-refractivity contribution in [1.29, 1.82) is 5.26 Å². The van der Waals surface area contributed by atoms with Crippen molar-refractivity contribution in [2.45, 2.75) is 11.1 Å². The number of hydrogen-bond donors (Lipinski definition) is 0. The van der Waals surface area contributed by atoms with Crippen LogP contribution in [-0.4, -0.2) is 38.9 Å². The molecular weight excluding hydrogens is 434 g/mol. The number of piperazine rings is 1. The van der Waals surface area contributed by atoms with Gasteiger partial charge in [0.05, 0.1) is 27.1 Å². The summed E-state index contributed by atoms with van der Waals surface area (Å²) in [5.41, 5.74) is -1.26. The van der Waals surface area contributed by atoms with Crippen LogP contribution in [0.25, 0.3) is 0 Å². The molecule has 0 amide bonds. The fourth-order valence-electron chi connectivity index (χ4n) is 3.03. The van der Waals surface area contributed by atoms with Gasteiger partial charge in [0.2, 0.25) is 10.0 Å². The van der Waals surface area contributed by atoms with Crippen LogP contribution >= 0.6 is 11.6 Å². The van der Waals surface area contributed by atoms with Crippen molar-refractivity contribution in [3.8, 4) is 6.07 Å². The van der Waals surface area contributed by atoms with Crippen LogP contribution in [-0.2, 0) is 16.2 Å². The van der Waals surface area contributed by atoms with E-state index in [0.29, 0.717) is 0 Å². The first-order valence-corrected chi connectivity index (χ1v) is 10.2. The number of benzene rings is 2. The molecule has 0 bridgehead atoms. The zero-order valence-electron chi connectivity index (χ0n) is 14.7. The van der Waals surface area contributed by atoms with E-state index in [9.17, 15) is 26.0 Å². The van der Waals surface area contributed by atoms with E-state index in [0.717, 1.165) is 30.3 Å². The predicted octanol–water partition coefficient (Wildman–Crippen LogP) is 3.88. The standard InChI is InChI=1S/C18H14ClF4N3O2S/c19-16-10-14(3-4-17(16)20)29(27,28)26-7-5-25(6-8-26)13-2-1-12(11-24)15(9-13)18(21,22)23/h1-4,9-10H,5-8H2. The summed E-state index contributed by atoms with van der Waals surface area (Å²) in [6, 6.07) is 8.01. The van der Waals surface area contributed by atoms with Crippen molar-refractivity contribution in [2.75, 3.05) is 31.1 Å². The van der Waals surface area contributed by atoms with Gasteiger partial charge in [-0.1, -0.05) is 11.6 Å². The molecule has 5 nitrogen and oxygen atoms in total. The summed E-state index contributed by atoms with van der Waals surface area (Å²) in [6.07, 6.45) is -4.67. The second kappa shape index (κ2) is 7.82. The first-order chi connectivity index (χ1) is 13.5. The van der Waals surface area contributed by atoms with Gasteiger partial charge in [-0.3, -0.25) is 0 Å². The van der Waals surface area contributed by atoms with Crippen LogP contribution in [0.3, 0.4) is 0 Å². The predicted molar refractivity (Wildman–Crippen MR) is 98.5 cm³/mol. The highest BCUT2D eigenvalue weighted by Gasteiger charge is 2.35. The van der Waals surface area contributed by atoms with Gasteiger partial charge in [0.15, 0.2) is 0 Å². The minimum Gasteiger partial charge on any atom is -0.369 e. The van der Waals surface area contributed by atoms with Gasteiger partial charge in [0.1, 0.15) is 5.82 Å². The van der Waals surface area contributed by atoms with E-state index in [1.807, 2.05) is 0 Å². The van der Waals surface area contributed by atoms with Gasteiger partial charge in [-0.05, 0) is 36.4 Å². The van der Waals surface area contributed by atoms with Crippen LogP contribution in [0.2, 0.25) is 5.02 Å². The summed E-state index contributed by atoms with van der Waals surface area (Å²) in [5, 5.41) is 8.56. The van der Waals surface area contributed by atoms with E-state index in [1.165, 1.54) is 16.4 Å². The Morgan fingerprint density at radius 2 is 1.69 bits per heavy atom. The Morgan fingerprint density at radius 3 is 2.24 bits per heavy atom. The molecule has 0 saturated carbocycles. The zero-order valence-corrected chi connectivity index (χ0v) is 16.3. The van der Waals surface area contributed by atoms with Gasteiger partial charge in [0, 0.05) is 31.9 Å². The summed E-state index contributed by atoms with van der Waals surface area (Å²) >= 11 is 5.66. The fraction of sp³-hybridized carbons (Fsp3) is 0.278. The molecule has 29 heavy (non-hydrogen) atoms. The fourth-order valence-corrected chi connectivity index (χ4v) is 4.73. The minimum atomic E-state index is -4.67. The maximum Gasteiger partial charge on any atom is 0.417 e. The van der Waals surface area contributed by atoms with E-state index in [-0.39, 0.29) is 41.8 Å². The molecule has 0 aromatic heterocycles. The Morgan fingerprint density at radius 1 is 1.03 bits per heavy atom. The Kier molecular flexibility index (Phi) is 5.76. The molecule has 2 aromatic rings. The highest BCUT2D eigenvalue weighted by molar-refractivity contribution is 7.89. The third-order valence-electron chi connectivity index (χ3n) is 4.56. The lowest BCUT2D eigenvalue weighted by atomic mass is 10.1. The number of nitrogens with zero attached hydrogens (tertiary/aromatic N) is 3. The minimum absolute atomic E-state index is 0.0265. The summed E-state index contributed by atoms with van der Waals surface area (Å²) in [7, 11) is -3.92.